The number of methoxy groups -OCH3 is 2. The van der Waals surface area contributed by atoms with Crippen molar-refractivity contribution in [2.45, 2.75) is 13.3 Å². The largest absolute Gasteiger partial charge is 0.497 e. The summed E-state index contributed by atoms with van der Waals surface area (Å²) in [6.45, 7) is 2.03. The van der Waals surface area contributed by atoms with Gasteiger partial charge in [-0.1, -0.05) is 6.07 Å². The lowest BCUT2D eigenvalue weighted by atomic mass is 10.1. The summed E-state index contributed by atoms with van der Waals surface area (Å²) in [6.07, 6.45) is 0.715. The molecule has 96 valence electrons. The molecule has 0 saturated carbocycles. The quantitative estimate of drug-likeness (QED) is 0.922. The number of nitrogens with two attached hydrogens (primary N) is 1. The van der Waals surface area contributed by atoms with Crippen LogP contribution in [0.5, 0.6) is 11.5 Å². The van der Waals surface area contributed by atoms with Gasteiger partial charge in [0.15, 0.2) is 5.13 Å². The summed E-state index contributed by atoms with van der Waals surface area (Å²) < 4.78 is 10.5. The molecule has 0 aliphatic carbocycles. The van der Waals surface area contributed by atoms with E-state index in [-0.39, 0.29) is 0 Å². The van der Waals surface area contributed by atoms with E-state index in [4.69, 9.17) is 15.2 Å². The average Bonchev–Trinajstić information content (AvgIpc) is 2.68. The van der Waals surface area contributed by atoms with Gasteiger partial charge in [-0.2, -0.15) is 0 Å². The first-order valence-electron chi connectivity index (χ1n) is 5.56. The third-order valence-electron chi connectivity index (χ3n) is 2.76. The van der Waals surface area contributed by atoms with Crippen LogP contribution >= 0.6 is 11.3 Å². The fourth-order valence-electron chi connectivity index (χ4n) is 1.79. The molecular weight excluding hydrogens is 248 g/mol. The lowest BCUT2D eigenvalue weighted by Gasteiger charge is -2.09. The second kappa shape index (κ2) is 5.27. The lowest BCUT2D eigenvalue weighted by Crippen LogP contribution is -1.97. The summed E-state index contributed by atoms with van der Waals surface area (Å²) in [4.78, 5) is 5.48. The fourth-order valence-corrected chi connectivity index (χ4v) is 2.50. The Morgan fingerprint density at radius 2 is 2.06 bits per heavy atom. The average molecular weight is 264 g/mol. The van der Waals surface area contributed by atoms with Crippen molar-refractivity contribution in [1.82, 2.24) is 4.98 Å². The van der Waals surface area contributed by atoms with Gasteiger partial charge in [-0.25, -0.2) is 4.98 Å². The molecule has 0 bridgehead atoms. The molecule has 0 radical (unpaired) electrons. The number of aromatic nitrogens is 1. The molecule has 0 spiro atoms. The number of nitrogen functional groups attached to an aromatic ring is 1. The van der Waals surface area contributed by atoms with Crippen LogP contribution in [0.4, 0.5) is 5.13 Å². The molecule has 0 fully saturated rings. The molecule has 0 aliphatic rings. The van der Waals surface area contributed by atoms with Crippen LogP contribution in [0.3, 0.4) is 0 Å². The molecule has 18 heavy (non-hydrogen) atoms. The highest BCUT2D eigenvalue weighted by atomic mass is 32.1. The van der Waals surface area contributed by atoms with Gasteiger partial charge in [0.1, 0.15) is 11.5 Å². The monoisotopic (exact) mass is 264 g/mol. The van der Waals surface area contributed by atoms with Crippen molar-refractivity contribution in [3.8, 4) is 11.5 Å². The van der Waals surface area contributed by atoms with E-state index in [0.29, 0.717) is 11.6 Å². The zero-order valence-corrected chi connectivity index (χ0v) is 11.5. The number of hydrogen-bond donors (Lipinski definition) is 1. The number of rotatable bonds is 4. The van der Waals surface area contributed by atoms with Crippen molar-refractivity contribution in [3.63, 3.8) is 0 Å². The highest BCUT2D eigenvalue weighted by molar-refractivity contribution is 7.15. The number of benzene rings is 1. The maximum Gasteiger partial charge on any atom is 0.180 e. The molecule has 0 saturated heterocycles. The van der Waals surface area contributed by atoms with E-state index in [1.54, 1.807) is 14.2 Å². The Hall–Kier alpha value is -1.75. The first-order chi connectivity index (χ1) is 8.63. The predicted octanol–water partition coefficient (Wildman–Crippen LogP) is 2.64. The first-order valence-corrected chi connectivity index (χ1v) is 6.38. The fraction of sp³-hybridized carbons (Fsp3) is 0.308. The summed E-state index contributed by atoms with van der Waals surface area (Å²) in [5, 5.41) is 0.606. The highest BCUT2D eigenvalue weighted by Gasteiger charge is 2.10. The van der Waals surface area contributed by atoms with Crippen molar-refractivity contribution in [1.29, 1.82) is 0 Å². The van der Waals surface area contributed by atoms with Gasteiger partial charge >= 0.3 is 0 Å². The van der Waals surface area contributed by atoms with Crippen molar-refractivity contribution in [2.24, 2.45) is 0 Å². The zero-order chi connectivity index (χ0) is 13.1. The Morgan fingerprint density at radius 3 is 2.61 bits per heavy atom. The molecule has 0 aliphatic heterocycles. The van der Waals surface area contributed by atoms with E-state index >= 15 is 0 Å². The Balaban J connectivity index is 2.31. The second-order valence-corrected chi connectivity index (χ2v) is 5.14. The summed E-state index contributed by atoms with van der Waals surface area (Å²) in [7, 11) is 3.29. The zero-order valence-electron chi connectivity index (χ0n) is 10.7. The Bertz CT molecular complexity index is 552. The molecule has 1 aromatic heterocycles. The Morgan fingerprint density at radius 1 is 1.28 bits per heavy atom. The van der Waals surface area contributed by atoms with Gasteiger partial charge in [-0.15, -0.1) is 11.3 Å². The van der Waals surface area contributed by atoms with E-state index < -0.39 is 0 Å². The van der Waals surface area contributed by atoms with Crippen LogP contribution in [0, 0.1) is 6.92 Å². The van der Waals surface area contributed by atoms with Crippen LogP contribution in [-0.4, -0.2) is 19.2 Å². The number of thiazole rings is 1. The molecular formula is C13H16N2O2S. The summed E-state index contributed by atoms with van der Waals surface area (Å²) in [5.41, 5.74) is 7.78. The minimum atomic E-state index is 0.606. The van der Waals surface area contributed by atoms with Crippen molar-refractivity contribution in [3.05, 3.63) is 34.3 Å². The minimum absolute atomic E-state index is 0.606. The van der Waals surface area contributed by atoms with Gasteiger partial charge in [-0.3, -0.25) is 0 Å². The van der Waals surface area contributed by atoms with Crippen LogP contribution in [0.2, 0.25) is 0 Å². The van der Waals surface area contributed by atoms with Gasteiger partial charge in [0.2, 0.25) is 0 Å². The third kappa shape index (κ3) is 2.56. The minimum Gasteiger partial charge on any atom is -0.497 e. The molecule has 4 nitrogen and oxygen atoms in total. The van der Waals surface area contributed by atoms with Crippen molar-refractivity contribution < 1.29 is 9.47 Å². The molecule has 2 rings (SSSR count). The molecule has 2 N–H and O–H groups in total. The van der Waals surface area contributed by atoms with Crippen LogP contribution in [0.15, 0.2) is 18.2 Å². The number of anilines is 1. The number of ether oxygens (including phenoxy) is 2. The van der Waals surface area contributed by atoms with Crippen LogP contribution in [-0.2, 0) is 6.42 Å². The van der Waals surface area contributed by atoms with Gasteiger partial charge < -0.3 is 15.2 Å². The maximum absolute atomic E-state index is 5.71. The second-order valence-electron chi connectivity index (χ2n) is 3.91. The molecule has 2 aromatic rings. The maximum atomic E-state index is 5.71. The standard InChI is InChI=1S/C13H16N2O2S/c1-8-11(15-13(14)18-8)6-9-4-5-10(16-2)7-12(9)17-3/h4-5,7H,6H2,1-3H3,(H2,14,15). The molecule has 0 unspecified atom stereocenters. The van der Waals surface area contributed by atoms with Crippen LogP contribution in [0.1, 0.15) is 16.1 Å². The smallest absolute Gasteiger partial charge is 0.180 e. The van der Waals surface area contributed by atoms with Gasteiger partial charge in [0, 0.05) is 22.9 Å². The molecule has 5 heteroatoms. The predicted molar refractivity (Wildman–Crippen MR) is 73.6 cm³/mol. The van der Waals surface area contributed by atoms with E-state index in [9.17, 15) is 0 Å². The number of aryl methyl sites for hydroxylation is 1. The van der Waals surface area contributed by atoms with E-state index in [1.807, 2.05) is 25.1 Å². The third-order valence-corrected chi connectivity index (χ3v) is 3.60. The summed E-state index contributed by atoms with van der Waals surface area (Å²) >= 11 is 1.51. The SMILES string of the molecule is COc1ccc(Cc2nc(N)sc2C)c(OC)c1. The Kier molecular flexibility index (Phi) is 3.72. The van der Waals surface area contributed by atoms with Crippen LogP contribution in [0.25, 0.3) is 0 Å². The van der Waals surface area contributed by atoms with Crippen molar-refractivity contribution in [2.75, 3.05) is 20.0 Å². The van der Waals surface area contributed by atoms with Crippen LogP contribution < -0.4 is 15.2 Å². The molecule has 0 amide bonds. The van der Waals surface area contributed by atoms with Gasteiger partial charge in [0.25, 0.3) is 0 Å². The normalized spacial score (nSPS) is 10.4. The van der Waals surface area contributed by atoms with E-state index in [0.717, 1.165) is 27.6 Å². The lowest BCUT2D eigenvalue weighted by molar-refractivity contribution is 0.391. The first kappa shape index (κ1) is 12.7. The number of nitrogens with zero attached hydrogens (tertiary/aromatic N) is 1. The Labute approximate surface area is 110 Å². The molecule has 0 atom stereocenters. The topological polar surface area (TPSA) is 57.4 Å². The van der Waals surface area contributed by atoms with Gasteiger partial charge in [-0.05, 0) is 13.0 Å². The van der Waals surface area contributed by atoms with Gasteiger partial charge in [0.05, 0.1) is 19.9 Å². The molecule has 1 aromatic carbocycles. The summed E-state index contributed by atoms with van der Waals surface area (Å²) in [6, 6.07) is 5.79. The van der Waals surface area contributed by atoms with E-state index in [2.05, 4.69) is 4.98 Å². The van der Waals surface area contributed by atoms with E-state index in [1.165, 1.54) is 11.3 Å². The number of hydrogen-bond acceptors (Lipinski definition) is 5. The summed E-state index contributed by atoms with van der Waals surface area (Å²) in [5.74, 6) is 1.59. The molecule has 1 heterocycles. The van der Waals surface area contributed by atoms with Crippen molar-refractivity contribution >= 4 is 16.5 Å². The highest BCUT2D eigenvalue weighted by Crippen LogP contribution is 2.29.